The molecule has 0 unspecified atom stereocenters. The average Bonchev–Trinajstić information content (AvgIpc) is 3.05. The van der Waals surface area contributed by atoms with Crippen LogP contribution in [0.25, 0.3) is 22.0 Å². The minimum absolute atomic E-state index is 0.0257. The van der Waals surface area contributed by atoms with Crippen molar-refractivity contribution < 1.29 is 4.79 Å². The van der Waals surface area contributed by atoms with Crippen molar-refractivity contribution in [2.24, 2.45) is 0 Å². The number of hydrogen-bond donors (Lipinski definition) is 2. The molecule has 0 saturated carbocycles. The van der Waals surface area contributed by atoms with Gasteiger partial charge in [-0.3, -0.25) is 9.78 Å². The number of rotatable bonds is 4. The van der Waals surface area contributed by atoms with Gasteiger partial charge in [0.1, 0.15) is 0 Å². The number of amides is 1. The van der Waals surface area contributed by atoms with Crippen molar-refractivity contribution in [2.75, 3.05) is 5.32 Å². The highest BCUT2D eigenvalue weighted by Crippen LogP contribution is 2.22. The Hall–Kier alpha value is -3.40. The van der Waals surface area contributed by atoms with Crippen LogP contribution in [0.1, 0.15) is 11.3 Å². The Morgan fingerprint density at radius 1 is 1.04 bits per heavy atom. The standard InChI is InChI=1S/C22H19N3O/c1-15-12-17(10-11-23-15)16-6-8-19(9-7-16)25-22(26)13-18-14-24-21-5-3-2-4-20(18)21/h2-12,14,24H,13H2,1H3,(H,25,26). The van der Waals surface area contributed by atoms with Crippen LogP contribution < -0.4 is 5.32 Å². The molecule has 0 saturated heterocycles. The lowest BCUT2D eigenvalue weighted by Gasteiger charge is -2.07. The van der Waals surface area contributed by atoms with E-state index in [9.17, 15) is 4.79 Å². The van der Waals surface area contributed by atoms with Gasteiger partial charge in [0.2, 0.25) is 5.91 Å². The number of fused-ring (bicyclic) bond motifs is 1. The number of para-hydroxylation sites is 1. The number of carbonyl (C=O) groups is 1. The summed E-state index contributed by atoms with van der Waals surface area (Å²) in [5.41, 5.74) is 6.05. The van der Waals surface area contributed by atoms with Crippen LogP contribution in [0.2, 0.25) is 0 Å². The second kappa shape index (κ2) is 6.84. The number of carbonyl (C=O) groups excluding carboxylic acids is 1. The first-order valence-corrected chi connectivity index (χ1v) is 8.57. The zero-order valence-corrected chi connectivity index (χ0v) is 14.5. The van der Waals surface area contributed by atoms with Crippen LogP contribution in [0.15, 0.2) is 73.1 Å². The van der Waals surface area contributed by atoms with Crippen LogP contribution in [0, 0.1) is 6.92 Å². The molecule has 0 aliphatic rings. The summed E-state index contributed by atoms with van der Waals surface area (Å²) < 4.78 is 0. The molecule has 0 bridgehead atoms. The van der Waals surface area contributed by atoms with Gasteiger partial charge in [0, 0.05) is 34.7 Å². The van der Waals surface area contributed by atoms with Gasteiger partial charge in [-0.1, -0.05) is 30.3 Å². The van der Waals surface area contributed by atoms with Crippen molar-refractivity contribution in [1.29, 1.82) is 0 Å². The fourth-order valence-electron chi connectivity index (χ4n) is 3.13. The first-order valence-electron chi connectivity index (χ1n) is 8.57. The first-order chi connectivity index (χ1) is 12.7. The van der Waals surface area contributed by atoms with E-state index in [1.54, 1.807) is 0 Å². The van der Waals surface area contributed by atoms with E-state index in [0.29, 0.717) is 6.42 Å². The number of aromatic amines is 1. The summed E-state index contributed by atoms with van der Waals surface area (Å²) >= 11 is 0. The number of nitrogens with zero attached hydrogens (tertiary/aromatic N) is 1. The predicted molar refractivity (Wildman–Crippen MR) is 105 cm³/mol. The van der Waals surface area contributed by atoms with E-state index in [1.807, 2.05) is 80.0 Å². The highest BCUT2D eigenvalue weighted by molar-refractivity contribution is 5.95. The average molecular weight is 341 g/mol. The number of aryl methyl sites for hydroxylation is 1. The van der Waals surface area contributed by atoms with E-state index in [2.05, 4.69) is 15.3 Å². The molecule has 2 aromatic carbocycles. The number of benzene rings is 2. The Balaban J connectivity index is 1.46. The van der Waals surface area contributed by atoms with Crippen molar-refractivity contribution in [2.45, 2.75) is 13.3 Å². The summed E-state index contributed by atoms with van der Waals surface area (Å²) in [7, 11) is 0. The van der Waals surface area contributed by atoms with E-state index in [0.717, 1.165) is 39.0 Å². The monoisotopic (exact) mass is 341 g/mol. The van der Waals surface area contributed by atoms with Crippen LogP contribution in [-0.2, 0) is 11.2 Å². The highest BCUT2D eigenvalue weighted by atomic mass is 16.1. The quantitative estimate of drug-likeness (QED) is 0.564. The summed E-state index contributed by atoms with van der Waals surface area (Å²) in [6.45, 7) is 1.98. The predicted octanol–water partition coefficient (Wildman–Crippen LogP) is 4.72. The van der Waals surface area contributed by atoms with Crippen molar-refractivity contribution in [3.05, 3.63) is 84.3 Å². The SMILES string of the molecule is Cc1cc(-c2ccc(NC(=O)Cc3c[nH]c4ccccc34)cc2)ccn1. The maximum Gasteiger partial charge on any atom is 0.228 e. The van der Waals surface area contributed by atoms with Gasteiger partial charge in [0.25, 0.3) is 0 Å². The van der Waals surface area contributed by atoms with Crippen molar-refractivity contribution in [3.63, 3.8) is 0 Å². The molecule has 2 heterocycles. The van der Waals surface area contributed by atoms with Gasteiger partial charge in [-0.2, -0.15) is 0 Å². The van der Waals surface area contributed by atoms with Gasteiger partial charge in [0.15, 0.2) is 0 Å². The van der Waals surface area contributed by atoms with Crippen molar-refractivity contribution >= 4 is 22.5 Å². The van der Waals surface area contributed by atoms with E-state index in [-0.39, 0.29) is 5.91 Å². The molecule has 1 amide bonds. The summed E-state index contributed by atoms with van der Waals surface area (Å²) in [5, 5.41) is 4.06. The van der Waals surface area contributed by atoms with E-state index in [4.69, 9.17) is 0 Å². The maximum absolute atomic E-state index is 12.4. The Kier molecular flexibility index (Phi) is 4.23. The maximum atomic E-state index is 12.4. The lowest BCUT2D eigenvalue weighted by molar-refractivity contribution is -0.115. The highest BCUT2D eigenvalue weighted by Gasteiger charge is 2.09. The van der Waals surface area contributed by atoms with Crippen molar-refractivity contribution in [3.8, 4) is 11.1 Å². The normalized spacial score (nSPS) is 10.8. The molecule has 0 atom stereocenters. The van der Waals surface area contributed by atoms with Crippen LogP contribution in [0.5, 0.6) is 0 Å². The number of anilines is 1. The lowest BCUT2D eigenvalue weighted by atomic mass is 10.1. The van der Waals surface area contributed by atoms with Gasteiger partial charge in [-0.05, 0) is 53.9 Å². The van der Waals surface area contributed by atoms with Gasteiger partial charge in [0.05, 0.1) is 6.42 Å². The van der Waals surface area contributed by atoms with Crippen molar-refractivity contribution in [1.82, 2.24) is 9.97 Å². The molecular weight excluding hydrogens is 322 g/mol. The molecule has 0 radical (unpaired) electrons. The molecule has 4 rings (SSSR count). The summed E-state index contributed by atoms with van der Waals surface area (Å²) in [6, 6.07) is 19.9. The second-order valence-corrected chi connectivity index (χ2v) is 6.35. The molecule has 0 spiro atoms. The molecule has 2 aromatic heterocycles. The topological polar surface area (TPSA) is 57.8 Å². The minimum atomic E-state index is -0.0257. The van der Waals surface area contributed by atoms with Crippen LogP contribution >= 0.6 is 0 Å². The largest absolute Gasteiger partial charge is 0.361 e. The zero-order valence-electron chi connectivity index (χ0n) is 14.5. The van der Waals surface area contributed by atoms with E-state index in [1.165, 1.54) is 0 Å². The Labute approximate surface area is 151 Å². The molecule has 2 N–H and O–H groups in total. The Morgan fingerprint density at radius 2 is 1.85 bits per heavy atom. The molecule has 128 valence electrons. The number of H-pyrrole nitrogens is 1. The van der Waals surface area contributed by atoms with Crippen LogP contribution in [0.4, 0.5) is 5.69 Å². The number of hydrogen-bond acceptors (Lipinski definition) is 2. The number of aromatic nitrogens is 2. The minimum Gasteiger partial charge on any atom is -0.361 e. The number of pyridine rings is 1. The van der Waals surface area contributed by atoms with E-state index >= 15 is 0 Å². The molecular formula is C22H19N3O. The molecule has 26 heavy (non-hydrogen) atoms. The van der Waals surface area contributed by atoms with Crippen LogP contribution in [-0.4, -0.2) is 15.9 Å². The summed E-state index contributed by atoms with van der Waals surface area (Å²) in [5.74, 6) is -0.0257. The lowest BCUT2D eigenvalue weighted by Crippen LogP contribution is -2.14. The third-order valence-corrected chi connectivity index (χ3v) is 4.42. The third kappa shape index (κ3) is 3.35. The first kappa shape index (κ1) is 16.1. The smallest absolute Gasteiger partial charge is 0.228 e. The Morgan fingerprint density at radius 3 is 2.65 bits per heavy atom. The fraction of sp³-hybridized carbons (Fsp3) is 0.0909. The zero-order chi connectivity index (χ0) is 17.9. The summed E-state index contributed by atoms with van der Waals surface area (Å²) in [4.78, 5) is 19.8. The molecule has 0 aliphatic carbocycles. The van der Waals surface area contributed by atoms with Gasteiger partial charge >= 0.3 is 0 Å². The molecule has 4 aromatic rings. The molecule has 4 nitrogen and oxygen atoms in total. The fourth-order valence-corrected chi connectivity index (χ4v) is 3.13. The third-order valence-electron chi connectivity index (χ3n) is 4.42. The van der Waals surface area contributed by atoms with Gasteiger partial charge < -0.3 is 10.3 Å². The Bertz CT molecular complexity index is 1060. The number of nitrogens with one attached hydrogen (secondary N) is 2. The molecule has 0 aliphatic heterocycles. The summed E-state index contributed by atoms with van der Waals surface area (Å²) in [6.07, 6.45) is 4.05. The van der Waals surface area contributed by atoms with Crippen LogP contribution in [0.3, 0.4) is 0 Å². The molecule has 4 heteroatoms. The molecule has 0 fully saturated rings. The van der Waals surface area contributed by atoms with Gasteiger partial charge in [-0.15, -0.1) is 0 Å². The van der Waals surface area contributed by atoms with Gasteiger partial charge in [-0.25, -0.2) is 0 Å². The van der Waals surface area contributed by atoms with E-state index < -0.39 is 0 Å². The second-order valence-electron chi connectivity index (χ2n) is 6.35.